The Hall–Kier alpha value is -3.83. The zero-order valence-corrected chi connectivity index (χ0v) is 18.4. The summed E-state index contributed by atoms with van der Waals surface area (Å²) in [6.07, 6.45) is 11.5. The van der Waals surface area contributed by atoms with Gasteiger partial charge in [-0.2, -0.15) is 0 Å². The molecule has 0 aliphatic heterocycles. The van der Waals surface area contributed by atoms with Gasteiger partial charge in [0.05, 0.1) is 9.79 Å². The number of rotatable bonds is 4. The second kappa shape index (κ2) is 7.09. The van der Waals surface area contributed by atoms with Crippen molar-refractivity contribution in [3.8, 4) is 0 Å². The van der Waals surface area contributed by atoms with Crippen LogP contribution in [0.1, 0.15) is 24.0 Å². The van der Waals surface area contributed by atoms with Gasteiger partial charge in [0.2, 0.25) is 9.84 Å². The van der Waals surface area contributed by atoms with Crippen LogP contribution in [0.2, 0.25) is 0 Å². The number of allylic oxidation sites excluding steroid dienone is 12. The Morgan fingerprint density at radius 1 is 0.545 bits per heavy atom. The fourth-order valence-corrected chi connectivity index (χ4v) is 5.96. The van der Waals surface area contributed by atoms with E-state index in [1.165, 1.54) is 0 Å². The third-order valence-corrected chi connectivity index (χ3v) is 8.35. The van der Waals surface area contributed by atoms with Crippen LogP contribution in [0.4, 0.5) is 0 Å². The maximum absolute atomic E-state index is 13.2. The van der Waals surface area contributed by atoms with E-state index in [9.17, 15) is 18.0 Å². The predicted octanol–water partition coefficient (Wildman–Crippen LogP) is 4.96. The third kappa shape index (κ3) is 3.16. The third-order valence-electron chi connectivity index (χ3n) is 6.56. The van der Waals surface area contributed by atoms with Crippen molar-refractivity contribution in [2.75, 3.05) is 0 Å². The number of hydrogen-bond acceptors (Lipinski definition) is 4. The summed E-state index contributed by atoms with van der Waals surface area (Å²) < 4.78 is 26.3. The molecule has 0 spiro atoms. The van der Waals surface area contributed by atoms with Crippen LogP contribution in [0.3, 0.4) is 0 Å². The number of ketones is 2. The molecule has 33 heavy (non-hydrogen) atoms. The Balaban J connectivity index is 1.26. The van der Waals surface area contributed by atoms with Gasteiger partial charge in [-0.25, -0.2) is 8.42 Å². The lowest BCUT2D eigenvalue weighted by molar-refractivity contribution is -0.111. The molecule has 160 valence electrons. The number of carbonyl (C=O) groups excluding carboxylic acids is 2. The molecule has 4 nitrogen and oxygen atoms in total. The molecule has 0 bridgehead atoms. The number of hydrogen-bond donors (Lipinski definition) is 0. The highest BCUT2D eigenvalue weighted by molar-refractivity contribution is 7.91. The van der Waals surface area contributed by atoms with Gasteiger partial charge < -0.3 is 0 Å². The standard InChI is InChI=1S/C28H18O4S/c29-21-5-11-25-19(13-21)15-27(25)17-1-7-23(8-2-17)33(31,32)24-9-3-18(4-10-24)28-16-20-14-22(30)6-12-26(20)28/h1-14H,15-16H2. The van der Waals surface area contributed by atoms with E-state index >= 15 is 0 Å². The number of sulfone groups is 1. The minimum absolute atomic E-state index is 0.0109. The summed E-state index contributed by atoms with van der Waals surface area (Å²) in [5.41, 5.74) is 8.38. The van der Waals surface area contributed by atoms with Crippen molar-refractivity contribution in [1.82, 2.24) is 0 Å². The highest BCUT2D eigenvalue weighted by Crippen LogP contribution is 2.44. The molecule has 0 saturated heterocycles. The highest BCUT2D eigenvalue weighted by atomic mass is 32.2. The van der Waals surface area contributed by atoms with Gasteiger partial charge in [-0.1, -0.05) is 36.4 Å². The van der Waals surface area contributed by atoms with Gasteiger partial charge in [-0.3, -0.25) is 9.59 Å². The monoisotopic (exact) mass is 450 g/mol. The molecule has 0 heterocycles. The summed E-state index contributed by atoms with van der Waals surface area (Å²) in [5, 5.41) is 0. The quantitative estimate of drug-likeness (QED) is 0.660. The van der Waals surface area contributed by atoms with Gasteiger partial charge in [-0.15, -0.1) is 0 Å². The molecular formula is C28H18O4S. The predicted molar refractivity (Wildman–Crippen MR) is 126 cm³/mol. The molecule has 4 aliphatic carbocycles. The molecule has 0 aromatic heterocycles. The molecule has 0 unspecified atom stereocenters. The Morgan fingerprint density at radius 2 is 0.939 bits per heavy atom. The summed E-state index contributed by atoms with van der Waals surface area (Å²) in [7, 11) is -3.63. The van der Waals surface area contributed by atoms with E-state index in [2.05, 4.69) is 0 Å². The molecule has 0 atom stereocenters. The van der Waals surface area contributed by atoms with Gasteiger partial charge in [0.15, 0.2) is 11.6 Å². The molecule has 0 N–H and O–H groups in total. The molecule has 0 fully saturated rings. The fraction of sp³-hybridized carbons (Fsp3) is 0.0714. The average Bonchev–Trinajstić information content (AvgIpc) is 2.78. The maximum atomic E-state index is 13.2. The van der Waals surface area contributed by atoms with Crippen LogP contribution in [0.15, 0.2) is 117 Å². The van der Waals surface area contributed by atoms with Gasteiger partial charge in [0, 0.05) is 0 Å². The smallest absolute Gasteiger partial charge is 0.206 e. The SMILES string of the molecule is O=C1C=CC2=C(c3ccc(S(=O)(=O)c4ccc(C5=C6C=CC(=O)C=C6C5)cc4)cc3)CC2=C1. The first kappa shape index (κ1) is 19.8. The van der Waals surface area contributed by atoms with Crippen molar-refractivity contribution >= 4 is 32.5 Å². The van der Waals surface area contributed by atoms with Gasteiger partial charge in [0.1, 0.15) is 0 Å². The van der Waals surface area contributed by atoms with Gasteiger partial charge in [0.25, 0.3) is 0 Å². The minimum Gasteiger partial charge on any atom is -0.290 e. The van der Waals surface area contributed by atoms with Crippen molar-refractivity contribution in [2.24, 2.45) is 0 Å². The lowest BCUT2D eigenvalue weighted by Crippen LogP contribution is -2.12. The Labute approximate surface area is 191 Å². The summed E-state index contributed by atoms with van der Waals surface area (Å²) in [5.74, 6) is 0.0218. The zero-order valence-electron chi connectivity index (χ0n) is 17.5. The lowest BCUT2D eigenvalue weighted by Gasteiger charge is -2.27. The molecule has 0 radical (unpaired) electrons. The second-order valence-electron chi connectivity index (χ2n) is 8.50. The largest absolute Gasteiger partial charge is 0.290 e. The van der Waals surface area contributed by atoms with E-state index in [-0.39, 0.29) is 21.4 Å². The van der Waals surface area contributed by atoms with E-state index in [1.807, 2.05) is 36.4 Å². The van der Waals surface area contributed by atoms with Crippen molar-refractivity contribution in [1.29, 1.82) is 0 Å². The maximum Gasteiger partial charge on any atom is 0.206 e. The Kier molecular flexibility index (Phi) is 4.26. The van der Waals surface area contributed by atoms with Crippen LogP contribution in [-0.4, -0.2) is 20.0 Å². The molecule has 6 rings (SSSR count). The molecule has 4 aliphatic rings. The van der Waals surface area contributed by atoms with E-state index in [0.717, 1.165) is 57.4 Å². The fourth-order valence-electron chi connectivity index (χ4n) is 4.70. The average molecular weight is 451 g/mol. The molecule has 5 heteroatoms. The van der Waals surface area contributed by atoms with E-state index in [1.54, 1.807) is 48.6 Å². The van der Waals surface area contributed by atoms with Crippen LogP contribution in [0, 0.1) is 0 Å². The molecule has 0 amide bonds. The van der Waals surface area contributed by atoms with E-state index in [0.29, 0.717) is 0 Å². The summed E-state index contributed by atoms with van der Waals surface area (Å²) in [6.45, 7) is 0. The minimum atomic E-state index is -3.63. The van der Waals surface area contributed by atoms with Gasteiger partial charge in [-0.05, 0) is 106 Å². The molecule has 2 aromatic rings. The first-order valence-electron chi connectivity index (χ1n) is 10.7. The van der Waals surface area contributed by atoms with E-state index < -0.39 is 9.84 Å². The van der Waals surface area contributed by atoms with Crippen molar-refractivity contribution in [3.05, 3.63) is 118 Å². The van der Waals surface area contributed by atoms with Crippen LogP contribution in [0.25, 0.3) is 11.1 Å². The molecule has 2 aromatic carbocycles. The van der Waals surface area contributed by atoms with Crippen molar-refractivity contribution < 1.29 is 18.0 Å². The number of fused-ring (bicyclic) bond motifs is 2. The second-order valence-corrected chi connectivity index (χ2v) is 10.5. The summed E-state index contributed by atoms with van der Waals surface area (Å²) in [4.78, 5) is 23.4. The lowest BCUT2D eigenvalue weighted by atomic mass is 9.76. The highest BCUT2D eigenvalue weighted by Gasteiger charge is 2.27. The van der Waals surface area contributed by atoms with Crippen LogP contribution in [-0.2, 0) is 19.4 Å². The van der Waals surface area contributed by atoms with Crippen molar-refractivity contribution in [2.45, 2.75) is 22.6 Å². The Morgan fingerprint density at radius 3 is 1.30 bits per heavy atom. The van der Waals surface area contributed by atoms with Crippen LogP contribution in [0.5, 0.6) is 0 Å². The normalized spacial score (nSPS) is 18.9. The number of carbonyl (C=O) groups is 2. The van der Waals surface area contributed by atoms with Crippen molar-refractivity contribution in [3.63, 3.8) is 0 Å². The summed E-state index contributed by atoms with van der Waals surface area (Å²) in [6, 6.07) is 13.9. The topological polar surface area (TPSA) is 68.3 Å². The number of benzene rings is 2. The Bertz CT molecular complexity index is 1440. The molecular weight excluding hydrogens is 432 g/mol. The van der Waals surface area contributed by atoms with Gasteiger partial charge >= 0.3 is 0 Å². The first-order chi connectivity index (χ1) is 15.9. The van der Waals surface area contributed by atoms with Crippen LogP contribution >= 0.6 is 0 Å². The molecule has 0 saturated carbocycles. The zero-order chi connectivity index (χ0) is 22.7. The van der Waals surface area contributed by atoms with E-state index in [4.69, 9.17) is 0 Å². The first-order valence-corrected chi connectivity index (χ1v) is 12.2. The van der Waals surface area contributed by atoms with Crippen LogP contribution < -0.4 is 0 Å². The summed E-state index contributed by atoms with van der Waals surface area (Å²) >= 11 is 0.